The summed E-state index contributed by atoms with van der Waals surface area (Å²) in [7, 11) is -5.01. The van der Waals surface area contributed by atoms with Crippen LogP contribution in [0.2, 0.25) is 0 Å². The van der Waals surface area contributed by atoms with E-state index in [9.17, 15) is 35.5 Å². The fraction of sp³-hybridized carbons (Fsp3) is 0.944. The van der Waals surface area contributed by atoms with E-state index in [1.807, 2.05) is 0 Å². The SMILES string of the molecule is CCCCCCCCCCCCCC(=O)N(C)CCCS(=O)(=O)[O-].CCCCCCCCCCCCCC(=O)N(C)CCCS(=O)(=O)[O-].[Ca+2]. The molecule has 0 atom stereocenters. The average molecular weight is 765 g/mol. The zero-order valence-corrected chi connectivity index (χ0v) is 35.7. The molecule has 0 bridgehead atoms. The molecule has 0 saturated carbocycles. The van der Waals surface area contributed by atoms with Gasteiger partial charge in [0, 0.05) is 51.5 Å². The molecule has 0 aromatic rings. The number of unbranched alkanes of at least 4 members (excludes halogenated alkanes) is 20. The summed E-state index contributed by atoms with van der Waals surface area (Å²) < 4.78 is 63.0. The van der Waals surface area contributed by atoms with Crippen molar-refractivity contribution < 1.29 is 35.5 Å². The second kappa shape index (κ2) is 36.4. The van der Waals surface area contributed by atoms with Crippen molar-refractivity contribution >= 4 is 69.8 Å². The Hall–Kier alpha value is 0.0197. The van der Waals surface area contributed by atoms with Gasteiger partial charge in [0.25, 0.3) is 0 Å². The van der Waals surface area contributed by atoms with Gasteiger partial charge >= 0.3 is 37.7 Å². The molecule has 13 heteroatoms. The molecule has 0 spiro atoms. The standard InChI is InChI=1S/2C18H37NO4S.Ca/c2*1-3-4-5-6-7-8-9-10-11-12-13-15-18(20)19(2)16-14-17-24(21,22)23;/h2*3-17H2,1-2H3,(H,21,22,23);/q;;+2/p-2. The van der Waals surface area contributed by atoms with Crippen LogP contribution in [-0.2, 0) is 29.8 Å². The van der Waals surface area contributed by atoms with E-state index in [-0.39, 0.29) is 62.4 Å². The first-order valence-electron chi connectivity index (χ1n) is 19.1. The molecule has 0 heterocycles. The van der Waals surface area contributed by atoms with Crippen molar-refractivity contribution in [1.29, 1.82) is 0 Å². The van der Waals surface area contributed by atoms with Crippen molar-refractivity contribution in [2.75, 3.05) is 38.7 Å². The first-order chi connectivity index (χ1) is 22.7. The van der Waals surface area contributed by atoms with Crippen molar-refractivity contribution in [1.82, 2.24) is 9.80 Å². The minimum absolute atomic E-state index is 0. The quantitative estimate of drug-likeness (QED) is 0.0382. The first-order valence-corrected chi connectivity index (χ1v) is 22.2. The van der Waals surface area contributed by atoms with Crippen molar-refractivity contribution in [2.24, 2.45) is 0 Å². The molecular weight excluding hydrogens is 693 g/mol. The summed E-state index contributed by atoms with van der Waals surface area (Å²) in [6.45, 7) is 5.13. The van der Waals surface area contributed by atoms with Gasteiger partial charge in [0.05, 0.1) is 20.2 Å². The number of hydrogen-bond acceptors (Lipinski definition) is 8. The summed E-state index contributed by atoms with van der Waals surface area (Å²) >= 11 is 0. The molecule has 0 saturated heterocycles. The summed E-state index contributed by atoms with van der Waals surface area (Å²) in [5.74, 6) is -0.727. The monoisotopic (exact) mass is 764 g/mol. The van der Waals surface area contributed by atoms with Gasteiger partial charge < -0.3 is 18.9 Å². The molecule has 0 aromatic carbocycles. The van der Waals surface area contributed by atoms with Gasteiger partial charge in [-0.1, -0.05) is 142 Å². The Bertz CT molecular complexity index is 904. The van der Waals surface area contributed by atoms with E-state index in [1.165, 1.54) is 125 Å². The number of carbonyl (C=O) groups excluding carboxylic acids is 2. The first kappa shape index (κ1) is 53.4. The second-order valence-corrected chi connectivity index (χ2v) is 16.5. The topological polar surface area (TPSA) is 155 Å². The minimum atomic E-state index is -4.17. The number of amides is 2. The Labute approximate surface area is 332 Å². The summed E-state index contributed by atoms with van der Waals surface area (Å²) in [5.41, 5.74) is 0. The number of nitrogens with zero attached hydrogens (tertiary/aromatic N) is 2. The molecule has 2 amide bonds. The molecule has 0 aliphatic heterocycles. The average Bonchev–Trinajstić information content (AvgIpc) is 3.01. The predicted molar refractivity (Wildman–Crippen MR) is 202 cm³/mol. The van der Waals surface area contributed by atoms with Crippen LogP contribution in [0.1, 0.15) is 181 Å². The second-order valence-electron chi connectivity index (χ2n) is 13.4. The number of rotatable bonds is 32. The molecule has 49 heavy (non-hydrogen) atoms. The Morgan fingerprint density at radius 3 is 0.878 bits per heavy atom. The van der Waals surface area contributed by atoms with Crippen molar-refractivity contribution in [3.05, 3.63) is 0 Å². The summed E-state index contributed by atoms with van der Waals surface area (Å²) in [4.78, 5) is 26.8. The normalized spacial score (nSPS) is 11.4. The Balaban J connectivity index is -0.000000846. The van der Waals surface area contributed by atoms with Gasteiger partial charge in [-0.05, 0) is 25.7 Å². The number of carbonyl (C=O) groups is 2. The minimum Gasteiger partial charge on any atom is -0.748 e. The molecule has 0 aromatic heterocycles. The molecule has 10 nitrogen and oxygen atoms in total. The van der Waals surface area contributed by atoms with Gasteiger partial charge in [0.1, 0.15) is 0 Å². The molecule has 0 aliphatic carbocycles. The Kier molecular flexibility index (Phi) is 39.6. The Morgan fingerprint density at radius 1 is 0.429 bits per heavy atom. The fourth-order valence-electron chi connectivity index (χ4n) is 5.47. The van der Waals surface area contributed by atoms with Gasteiger partial charge in [0.2, 0.25) is 11.8 Å². The van der Waals surface area contributed by atoms with Crippen LogP contribution in [0.15, 0.2) is 0 Å². The van der Waals surface area contributed by atoms with Gasteiger partial charge in [-0.15, -0.1) is 0 Å². The molecule has 0 rings (SSSR count). The van der Waals surface area contributed by atoms with Crippen LogP contribution in [0.4, 0.5) is 0 Å². The molecule has 0 N–H and O–H groups in total. The summed E-state index contributed by atoms with van der Waals surface area (Å²) in [5, 5.41) is 0. The van der Waals surface area contributed by atoms with Crippen molar-refractivity contribution in [3.8, 4) is 0 Å². The zero-order valence-electron chi connectivity index (χ0n) is 31.9. The van der Waals surface area contributed by atoms with Gasteiger partial charge in [-0.3, -0.25) is 9.59 Å². The van der Waals surface area contributed by atoms with Crippen LogP contribution >= 0.6 is 0 Å². The van der Waals surface area contributed by atoms with E-state index in [0.717, 1.165) is 25.7 Å². The van der Waals surface area contributed by atoms with E-state index in [2.05, 4.69) is 13.8 Å². The largest absolute Gasteiger partial charge is 2.00 e. The van der Waals surface area contributed by atoms with E-state index < -0.39 is 31.7 Å². The zero-order chi connectivity index (χ0) is 36.5. The fourth-order valence-corrected chi connectivity index (χ4v) is 6.43. The van der Waals surface area contributed by atoms with Crippen LogP contribution < -0.4 is 0 Å². The van der Waals surface area contributed by atoms with E-state index in [4.69, 9.17) is 0 Å². The molecule has 0 unspecified atom stereocenters. The van der Waals surface area contributed by atoms with Gasteiger partial charge in [-0.2, -0.15) is 0 Å². The molecule has 0 radical (unpaired) electrons. The third kappa shape index (κ3) is 44.1. The maximum Gasteiger partial charge on any atom is 2.00 e. The van der Waals surface area contributed by atoms with Crippen molar-refractivity contribution in [2.45, 2.75) is 181 Å². The third-order valence-corrected chi connectivity index (χ3v) is 10.2. The van der Waals surface area contributed by atoms with Crippen LogP contribution in [0.5, 0.6) is 0 Å². The molecule has 0 fully saturated rings. The van der Waals surface area contributed by atoms with E-state index in [0.29, 0.717) is 25.9 Å². The molecule has 0 aliphatic rings. The van der Waals surface area contributed by atoms with E-state index >= 15 is 0 Å². The van der Waals surface area contributed by atoms with Crippen molar-refractivity contribution in [3.63, 3.8) is 0 Å². The van der Waals surface area contributed by atoms with Crippen LogP contribution in [0.3, 0.4) is 0 Å². The van der Waals surface area contributed by atoms with Crippen LogP contribution in [0, 0.1) is 0 Å². The van der Waals surface area contributed by atoms with Gasteiger partial charge in [-0.25, -0.2) is 16.8 Å². The summed E-state index contributed by atoms with van der Waals surface area (Å²) in [6.07, 6.45) is 29.0. The smallest absolute Gasteiger partial charge is 0.748 e. The maximum atomic E-state index is 11.9. The predicted octanol–water partition coefficient (Wildman–Crippen LogP) is 7.78. The molecule has 288 valence electrons. The van der Waals surface area contributed by atoms with Gasteiger partial charge in [0.15, 0.2) is 0 Å². The van der Waals surface area contributed by atoms with Crippen LogP contribution in [-0.4, -0.2) is 124 Å². The van der Waals surface area contributed by atoms with E-state index in [1.54, 1.807) is 14.1 Å². The number of hydrogen-bond donors (Lipinski definition) is 0. The third-order valence-electron chi connectivity index (χ3n) is 8.62. The maximum absolute atomic E-state index is 11.9. The summed E-state index contributed by atoms with van der Waals surface area (Å²) in [6, 6.07) is 0. The van der Waals surface area contributed by atoms with Crippen LogP contribution in [0.25, 0.3) is 0 Å². The Morgan fingerprint density at radius 2 is 0.653 bits per heavy atom. The molecular formula is C36H72CaN2O8S2.